The minimum Gasteiger partial charge on any atom is -0.304 e. The molecule has 3 heteroatoms. The van der Waals surface area contributed by atoms with Crippen LogP contribution in [0.15, 0.2) is 24.3 Å². The van der Waals surface area contributed by atoms with Crippen molar-refractivity contribution in [3.63, 3.8) is 0 Å². The summed E-state index contributed by atoms with van der Waals surface area (Å²) in [5, 5.41) is 2.35. The zero-order valence-corrected chi connectivity index (χ0v) is 11.8. The monoisotopic (exact) mass is 247 g/mol. The summed E-state index contributed by atoms with van der Waals surface area (Å²) in [6.07, 6.45) is 1.11. The van der Waals surface area contributed by atoms with E-state index in [1.807, 2.05) is 0 Å². The quantitative estimate of drug-likeness (QED) is 0.878. The van der Waals surface area contributed by atoms with Gasteiger partial charge in [0.05, 0.1) is 0 Å². The molecule has 1 atom stereocenters. The number of nitrogens with zero attached hydrogens (tertiary/aromatic N) is 2. The van der Waals surface area contributed by atoms with Crippen LogP contribution in [0.4, 0.5) is 0 Å². The molecule has 1 aromatic rings. The van der Waals surface area contributed by atoms with Crippen LogP contribution in [0, 0.1) is 0 Å². The average Bonchev–Trinajstić information content (AvgIpc) is 2.41. The smallest absolute Gasteiger partial charge is 0.0436 e. The summed E-state index contributed by atoms with van der Waals surface area (Å²) in [4.78, 5) is 2.37. The van der Waals surface area contributed by atoms with Crippen LogP contribution in [0.1, 0.15) is 31.0 Å². The fourth-order valence-electron chi connectivity index (χ4n) is 2.33. The van der Waals surface area contributed by atoms with E-state index in [-0.39, 0.29) is 0 Å². The minimum absolute atomic E-state index is 0.388. The lowest BCUT2D eigenvalue weighted by molar-refractivity contribution is 0.0899. The third-order valence-corrected chi connectivity index (χ3v) is 3.77. The molecule has 1 aromatic carbocycles. The Hall–Kier alpha value is -0.900. The van der Waals surface area contributed by atoms with Gasteiger partial charge in [-0.05, 0) is 31.5 Å². The van der Waals surface area contributed by atoms with Crippen molar-refractivity contribution in [3.8, 4) is 0 Å². The molecule has 0 aromatic heterocycles. The van der Waals surface area contributed by atoms with Gasteiger partial charge in [-0.25, -0.2) is 10.4 Å². The Bertz CT molecular complexity index is 353. The maximum Gasteiger partial charge on any atom is 0.0436 e. The molecule has 0 aliphatic carbocycles. The van der Waals surface area contributed by atoms with Crippen LogP contribution in [-0.4, -0.2) is 43.1 Å². The fraction of sp³-hybridized carbons (Fsp3) is 0.600. The van der Waals surface area contributed by atoms with Gasteiger partial charge < -0.3 is 4.90 Å². The summed E-state index contributed by atoms with van der Waals surface area (Å²) in [5.41, 5.74) is 6.37. The SMILES string of the molecule is CCc1ccc(C(C)NN2CCN(C)CC2)cc1. The Kier molecular flexibility index (Phi) is 4.75. The molecule has 1 heterocycles. The fourth-order valence-corrected chi connectivity index (χ4v) is 2.33. The molecule has 0 saturated carbocycles. The van der Waals surface area contributed by atoms with Crippen molar-refractivity contribution in [2.75, 3.05) is 33.2 Å². The normalized spacial score (nSPS) is 19.9. The molecule has 0 amide bonds. The molecular formula is C15H25N3. The highest BCUT2D eigenvalue weighted by atomic mass is 15.5. The number of hydrogen-bond acceptors (Lipinski definition) is 3. The number of hydrogen-bond donors (Lipinski definition) is 1. The van der Waals surface area contributed by atoms with Gasteiger partial charge in [0.25, 0.3) is 0 Å². The van der Waals surface area contributed by atoms with Gasteiger partial charge in [0.2, 0.25) is 0 Å². The molecule has 0 spiro atoms. The van der Waals surface area contributed by atoms with Crippen LogP contribution in [-0.2, 0) is 6.42 Å². The number of aryl methyl sites for hydroxylation is 1. The lowest BCUT2D eigenvalue weighted by atomic mass is 10.1. The number of likely N-dealkylation sites (N-methyl/N-ethyl adjacent to an activating group) is 1. The summed E-state index contributed by atoms with van der Waals surface area (Å²) in [6, 6.07) is 9.34. The van der Waals surface area contributed by atoms with E-state index in [2.05, 4.69) is 60.5 Å². The summed E-state index contributed by atoms with van der Waals surface area (Å²) in [6.45, 7) is 8.94. The van der Waals surface area contributed by atoms with Gasteiger partial charge in [-0.1, -0.05) is 31.2 Å². The van der Waals surface area contributed by atoms with E-state index in [4.69, 9.17) is 0 Å². The van der Waals surface area contributed by atoms with Crippen LogP contribution >= 0.6 is 0 Å². The van der Waals surface area contributed by atoms with Gasteiger partial charge >= 0.3 is 0 Å². The second-order valence-corrected chi connectivity index (χ2v) is 5.24. The lowest BCUT2D eigenvalue weighted by Crippen LogP contribution is -2.51. The zero-order valence-electron chi connectivity index (χ0n) is 11.8. The van der Waals surface area contributed by atoms with Crippen LogP contribution in [0.5, 0.6) is 0 Å². The van der Waals surface area contributed by atoms with E-state index in [0.717, 1.165) is 32.6 Å². The minimum atomic E-state index is 0.388. The maximum absolute atomic E-state index is 3.60. The molecule has 3 nitrogen and oxygen atoms in total. The van der Waals surface area contributed by atoms with E-state index in [0.29, 0.717) is 6.04 Å². The highest BCUT2D eigenvalue weighted by Crippen LogP contribution is 2.14. The van der Waals surface area contributed by atoms with Crippen molar-refractivity contribution in [1.82, 2.24) is 15.3 Å². The standard InChI is InChI=1S/C15H25N3/c1-4-14-5-7-15(8-6-14)13(2)16-18-11-9-17(3)10-12-18/h5-8,13,16H,4,9-12H2,1-3H3. The zero-order chi connectivity index (χ0) is 13.0. The predicted molar refractivity (Wildman–Crippen MR) is 76.4 cm³/mol. The highest BCUT2D eigenvalue weighted by molar-refractivity contribution is 5.24. The van der Waals surface area contributed by atoms with Crippen molar-refractivity contribution in [2.24, 2.45) is 0 Å². The molecule has 1 N–H and O–H groups in total. The van der Waals surface area contributed by atoms with Crippen molar-refractivity contribution < 1.29 is 0 Å². The van der Waals surface area contributed by atoms with E-state index in [1.54, 1.807) is 0 Å². The average molecular weight is 247 g/mol. The first-order valence-electron chi connectivity index (χ1n) is 6.97. The topological polar surface area (TPSA) is 18.5 Å². The highest BCUT2D eigenvalue weighted by Gasteiger charge is 2.15. The van der Waals surface area contributed by atoms with Crippen LogP contribution in [0.25, 0.3) is 0 Å². The van der Waals surface area contributed by atoms with Gasteiger partial charge in [0.15, 0.2) is 0 Å². The molecule has 1 fully saturated rings. The van der Waals surface area contributed by atoms with Gasteiger partial charge in [-0.15, -0.1) is 0 Å². The summed E-state index contributed by atoms with van der Waals surface area (Å²) < 4.78 is 0. The Morgan fingerprint density at radius 1 is 1.11 bits per heavy atom. The van der Waals surface area contributed by atoms with E-state index >= 15 is 0 Å². The number of benzene rings is 1. The number of hydrazine groups is 1. The Morgan fingerprint density at radius 2 is 1.72 bits per heavy atom. The molecule has 0 radical (unpaired) electrons. The third kappa shape index (κ3) is 3.55. The molecule has 100 valence electrons. The molecule has 1 saturated heterocycles. The summed E-state index contributed by atoms with van der Waals surface area (Å²) in [5.74, 6) is 0. The largest absolute Gasteiger partial charge is 0.304 e. The molecule has 1 unspecified atom stereocenters. The van der Waals surface area contributed by atoms with Crippen molar-refractivity contribution in [3.05, 3.63) is 35.4 Å². The molecule has 1 aliphatic rings. The van der Waals surface area contributed by atoms with Crippen molar-refractivity contribution in [2.45, 2.75) is 26.3 Å². The lowest BCUT2D eigenvalue weighted by Gasteiger charge is -2.34. The number of nitrogens with one attached hydrogen (secondary N) is 1. The number of piperazine rings is 1. The second kappa shape index (κ2) is 6.32. The Balaban J connectivity index is 1.88. The Labute approximate surface area is 111 Å². The van der Waals surface area contributed by atoms with Crippen LogP contribution in [0.2, 0.25) is 0 Å². The second-order valence-electron chi connectivity index (χ2n) is 5.24. The van der Waals surface area contributed by atoms with E-state index < -0.39 is 0 Å². The van der Waals surface area contributed by atoms with Gasteiger partial charge in [0, 0.05) is 32.2 Å². The first kappa shape index (κ1) is 13.5. The van der Waals surface area contributed by atoms with E-state index in [9.17, 15) is 0 Å². The van der Waals surface area contributed by atoms with Gasteiger partial charge in [0.1, 0.15) is 0 Å². The molecule has 1 aliphatic heterocycles. The van der Waals surface area contributed by atoms with E-state index in [1.165, 1.54) is 11.1 Å². The van der Waals surface area contributed by atoms with Gasteiger partial charge in [-0.2, -0.15) is 0 Å². The predicted octanol–water partition coefficient (Wildman–Crippen LogP) is 2.06. The third-order valence-electron chi connectivity index (χ3n) is 3.77. The molecule has 18 heavy (non-hydrogen) atoms. The number of rotatable bonds is 4. The first-order valence-corrected chi connectivity index (χ1v) is 6.97. The van der Waals surface area contributed by atoms with Crippen LogP contribution in [0.3, 0.4) is 0 Å². The first-order chi connectivity index (χ1) is 8.69. The maximum atomic E-state index is 3.60. The molecule has 2 rings (SSSR count). The summed E-state index contributed by atoms with van der Waals surface area (Å²) >= 11 is 0. The molecular weight excluding hydrogens is 222 g/mol. The molecule has 0 bridgehead atoms. The summed E-state index contributed by atoms with van der Waals surface area (Å²) in [7, 11) is 2.18. The van der Waals surface area contributed by atoms with Crippen LogP contribution < -0.4 is 5.43 Å². The van der Waals surface area contributed by atoms with Gasteiger partial charge in [-0.3, -0.25) is 0 Å². The van der Waals surface area contributed by atoms with Crippen molar-refractivity contribution in [1.29, 1.82) is 0 Å². The van der Waals surface area contributed by atoms with Crippen molar-refractivity contribution >= 4 is 0 Å². The Morgan fingerprint density at radius 3 is 2.28 bits per heavy atom.